The van der Waals surface area contributed by atoms with Crippen molar-refractivity contribution in [2.75, 3.05) is 0 Å². The van der Waals surface area contributed by atoms with Gasteiger partial charge in [-0.2, -0.15) is 0 Å². The number of nitrogens with one attached hydrogen (secondary N) is 1. The summed E-state index contributed by atoms with van der Waals surface area (Å²) >= 11 is 0. The Labute approximate surface area is 68.0 Å². The monoisotopic (exact) mass is 153 g/mol. The summed E-state index contributed by atoms with van der Waals surface area (Å²) in [5.41, 5.74) is 0. The Morgan fingerprint density at radius 2 is 2.09 bits per heavy atom. The number of carbonyl (C=O) groups excluding carboxylic acids is 2. The fourth-order valence-electron chi connectivity index (χ4n) is 0.837. The molecule has 0 saturated heterocycles. The van der Waals surface area contributed by atoms with Crippen LogP contribution >= 0.6 is 0 Å². The lowest BCUT2D eigenvalue weighted by Gasteiger charge is -2.12. The van der Waals surface area contributed by atoms with Crippen molar-refractivity contribution in [1.82, 2.24) is 5.32 Å². The molecule has 2 radical (unpaired) electrons. The normalized spacial score (nSPS) is 12.2. The Balaban J connectivity index is 3.89. The molecule has 0 aromatic heterocycles. The summed E-state index contributed by atoms with van der Waals surface area (Å²) in [4.78, 5) is 21.1. The Morgan fingerprint density at radius 3 is 2.36 bits per heavy atom. The summed E-state index contributed by atoms with van der Waals surface area (Å²) in [6.45, 7) is 3.38. The summed E-state index contributed by atoms with van der Waals surface area (Å²) in [6.07, 6.45) is 1.50. The van der Waals surface area contributed by atoms with Crippen LogP contribution in [0.25, 0.3) is 0 Å². The molecule has 60 valence electrons. The zero-order chi connectivity index (χ0) is 8.85. The molecule has 0 aromatic carbocycles. The predicted octanol–water partition coefficient (Wildman–Crippen LogP) is 0.622. The van der Waals surface area contributed by atoms with Gasteiger partial charge in [0, 0.05) is 0 Å². The van der Waals surface area contributed by atoms with Crippen LogP contribution in [0.4, 0.5) is 4.79 Å². The highest BCUT2D eigenvalue weighted by Gasteiger charge is 2.12. The third-order valence-corrected chi connectivity index (χ3v) is 1.38. The van der Waals surface area contributed by atoms with Crippen molar-refractivity contribution < 1.29 is 9.59 Å². The van der Waals surface area contributed by atoms with Crippen molar-refractivity contribution in [3.8, 4) is 0 Å². The van der Waals surface area contributed by atoms with E-state index >= 15 is 0 Å². The molecular weight excluding hydrogens is 141 g/mol. The molecule has 1 unspecified atom stereocenters. The van der Waals surface area contributed by atoms with Crippen LogP contribution < -0.4 is 5.32 Å². The highest BCUT2D eigenvalue weighted by Crippen LogP contribution is 1.97. The van der Waals surface area contributed by atoms with Crippen molar-refractivity contribution in [1.29, 1.82) is 0 Å². The lowest BCUT2D eigenvalue weighted by molar-refractivity contribution is -0.118. The molecule has 0 heterocycles. The van der Waals surface area contributed by atoms with Crippen LogP contribution in [-0.4, -0.2) is 25.5 Å². The standard InChI is InChI=1S/C7H12BNO2/c1-3-4-6(5(2)10)9-7(8)11/h6H,3-4H2,1-2H3,(H,9,11). The van der Waals surface area contributed by atoms with Gasteiger partial charge < -0.3 is 5.32 Å². The van der Waals surface area contributed by atoms with Crippen molar-refractivity contribution in [2.45, 2.75) is 32.7 Å². The number of hydrogen-bond donors (Lipinski definition) is 1. The van der Waals surface area contributed by atoms with Gasteiger partial charge in [0.15, 0.2) is 11.6 Å². The van der Waals surface area contributed by atoms with E-state index in [1.165, 1.54) is 6.92 Å². The second-order valence-electron chi connectivity index (χ2n) is 2.46. The van der Waals surface area contributed by atoms with Crippen molar-refractivity contribution >= 4 is 19.4 Å². The summed E-state index contributed by atoms with van der Waals surface area (Å²) in [6, 6.07) is -0.405. The van der Waals surface area contributed by atoms with E-state index < -0.39 is 11.8 Å². The van der Waals surface area contributed by atoms with Gasteiger partial charge >= 0.3 is 0 Å². The molecule has 0 rings (SSSR count). The van der Waals surface area contributed by atoms with E-state index in [2.05, 4.69) is 5.32 Å². The van der Waals surface area contributed by atoms with Crippen LogP contribution in [0.5, 0.6) is 0 Å². The number of rotatable bonds is 4. The third-order valence-electron chi connectivity index (χ3n) is 1.38. The number of ketones is 1. The summed E-state index contributed by atoms with van der Waals surface area (Å²) < 4.78 is 0. The van der Waals surface area contributed by atoms with E-state index in [4.69, 9.17) is 7.85 Å². The maximum absolute atomic E-state index is 10.8. The van der Waals surface area contributed by atoms with E-state index in [1.54, 1.807) is 0 Å². The Hall–Kier alpha value is -0.795. The second kappa shape index (κ2) is 4.94. The van der Waals surface area contributed by atoms with Crippen LogP contribution in [0, 0.1) is 0 Å². The SMILES string of the molecule is [B]C(=O)NC(CCC)C(C)=O. The van der Waals surface area contributed by atoms with Crippen LogP contribution in [0.3, 0.4) is 0 Å². The molecule has 1 atom stereocenters. The molecule has 0 aliphatic carbocycles. The molecule has 1 amide bonds. The second-order valence-corrected chi connectivity index (χ2v) is 2.46. The maximum atomic E-state index is 10.8. The Morgan fingerprint density at radius 1 is 1.55 bits per heavy atom. The average Bonchev–Trinajstić information content (AvgIpc) is 1.86. The largest absolute Gasteiger partial charge is 0.356 e. The molecule has 0 fully saturated rings. The van der Waals surface area contributed by atoms with E-state index in [-0.39, 0.29) is 5.78 Å². The lowest BCUT2D eigenvalue weighted by Crippen LogP contribution is -2.38. The fraction of sp³-hybridized carbons (Fsp3) is 0.714. The van der Waals surface area contributed by atoms with Gasteiger partial charge in [-0.1, -0.05) is 13.3 Å². The minimum absolute atomic E-state index is 0.0503. The molecule has 4 heteroatoms. The smallest absolute Gasteiger partial charge is 0.200 e. The zero-order valence-electron chi connectivity index (χ0n) is 6.89. The first-order valence-corrected chi connectivity index (χ1v) is 3.64. The van der Waals surface area contributed by atoms with Crippen molar-refractivity contribution in [2.24, 2.45) is 0 Å². The fourth-order valence-corrected chi connectivity index (χ4v) is 0.837. The molecule has 0 spiro atoms. The van der Waals surface area contributed by atoms with Gasteiger partial charge in [0.25, 0.3) is 0 Å². The number of carbonyl (C=O) groups is 2. The molecule has 0 bridgehead atoms. The highest BCUT2D eigenvalue weighted by molar-refractivity contribution is 6.57. The van der Waals surface area contributed by atoms with E-state index in [1.807, 2.05) is 6.92 Å². The Kier molecular flexibility index (Phi) is 4.58. The van der Waals surface area contributed by atoms with Gasteiger partial charge in [-0.3, -0.25) is 9.59 Å². The topological polar surface area (TPSA) is 46.2 Å². The van der Waals surface area contributed by atoms with Crippen LogP contribution in [-0.2, 0) is 4.79 Å². The number of amides is 1. The van der Waals surface area contributed by atoms with Gasteiger partial charge in [0.05, 0.1) is 6.04 Å². The van der Waals surface area contributed by atoms with Gasteiger partial charge in [0.2, 0.25) is 7.85 Å². The first-order valence-electron chi connectivity index (χ1n) is 3.64. The average molecular weight is 153 g/mol. The predicted molar refractivity (Wildman–Crippen MR) is 43.7 cm³/mol. The van der Waals surface area contributed by atoms with Crippen molar-refractivity contribution in [3.05, 3.63) is 0 Å². The molecule has 11 heavy (non-hydrogen) atoms. The third kappa shape index (κ3) is 4.59. The van der Waals surface area contributed by atoms with Gasteiger partial charge in [-0.25, -0.2) is 0 Å². The van der Waals surface area contributed by atoms with Gasteiger partial charge in [-0.15, -0.1) is 0 Å². The van der Waals surface area contributed by atoms with Crippen LogP contribution in [0.1, 0.15) is 26.7 Å². The van der Waals surface area contributed by atoms with E-state index in [9.17, 15) is 9.59 Å². The minimum atomic E-state index is -0.640. The van der Waals surface area contributed by atoms with E-state index in [0.29, 0.717) is 6.42 Å². The molecule has 0 saturated carbocycles. The molecule has 0 aliphatic rings. The molecule has 3 nitrogen and oxygen atoms in total. The molecule has 1 N–H and O–H groups in total. The summed E-state index contributed by atoms with van der Waals surface area (Å²) in [5.74, 6) is -0.690. The van der Waals surface area contributed by atoms with Crippen LogP contribution in [0.15, 0.2) is 0 Å². The van der Waals surface area contributed by atoms with Gasteiger partial charge in [0.1, 0.15) is 0 Å². The van der Waals surface area contributed by atoms with Gasteiger partial charge in [-0.05, 0) is 13.3 Å². The summed E-state index contributed by atoms with van der Waals surface area (Å²) in [7, 11) is 4.86. The lowest BCUT2D eigenvalue weighted by atomic mass is 10.0. The number of hydrogen-bond acceptors (Lipinski definition) is 2. The molecule has 0 aliphatic heterocycles. The number of Topliss-reactive ketones (excluding diaryl/α,β-unsaturated/α-hetero) is 1. The zero-order valence-corrected chi connectivity index (χ0v) is 6.89. The van der Waals surface area contributed by atoms with Crippen LogP contribution in [0.2, 0.25) is 0 Å². The highest BCUT2D eigenvalue weighted by atomic mass is 16.2. The molecule has 0 aromatic rings. The molecular formula is C7H12BNO2. The minimum Gasteiger partial charge on any atom is -0.356 e. The quantitative estimate of drug-likeness (QED) is 0.601. The Bertz CT molecular complexity index is 159. The maximum Gasteiger partial charge on any atom is 0.200 e. The summed E-state index contributed by atoms with van der Waals surface area (Å²) in [5, 5.41) is 2.37. The first-order chi connectivity index (χ1) is 5.07. The van der Waals surface area contributed by atoms with E-state index in [0.717, 1.165) is 6.42 Å². The van der Waals surface area contributed by atoms with Crippen molar-refractivity contribution in [3.63, 3.8) is 0 Å². The first kappa shape index (κ1) is 10.2.